The van der Waals surface area contributed by atoms with Gasteiger partial charge in [-0.2, -0.15) is 5.10 Å². The third kappa shape index (κ3) is 3.40. The Bertz CT molecular complexity index is 571. The van der Waals surface area contributed by atoms with Gasteiger partial charge in [-0.25, -0.2) is 4.79 Å². The molecule has 7 nitrogen and oxygen atoms in total. The van der Waals surface area contributed by atoms with Crippen LogP contribution in [0.25, 0.3) is 0 Å². The number of nitrogens with one attached hydrogen (secondary N) is 2. The Morgan fingerprint density at radius 1 is 1.23 bits per heavy atom. The highest BCUT2D eigenvalue weighted by Gasteiger charge is 2.28. The fraction of sp³-hybridized carbons (Fsp3) is 0.667. The highest BCUT2D eigenvalue weighted by molar-refractivity contribution is 5.88. The number of carboxylic acid groups (broad SMARTS) is 1. The van der Waals surface area contributed by atoms with Crippen LogP contribution in [0.5, 0.6) is 0 Å². The van der Waals surface area contributed by atoms with E-state index >= 15 is 0 Å². The quantitative estimate of drug-likeness (QED) is 0.793. The van der Waals surface area contributed by atoms with Crippen molar-refractivity contribution < 1.29 is 14.7 Å². The summed E-state index contributed by atoms with van der Waals surface area (Å²) in [6.07, 6.45) is 5.04. The molecule has 3 rings (SSSR count). The van der Waals surface area contributed by atoms with Gasteiger partial charge in [0.05, 0.1) is 5.92 Å². The molecule has 2 aliphatic carbocycles. The maximum Gasteiger partial charge on any atom is 0.320 e. The van der Waals surface area contributed by atoms with Gasteiger partial charge >= 0.3 is 12.0 Å². The number of carbonyl (C=O) groups is 2. The van der Waals surface area contributed by atoms with Gasteiger partial charge in [-0.15, -0.1) is 0 Å². The molecule has 0 atom stereocenters. The number of anilines is 1. The van der Waals surface area contributed by atoms with Gasteiger partial charge in [0.2, 0.25) is 0 Å². The van der Waals surface area contributed by atoms with Crippen molar-refractivity contribution >= 4 is 17.8 Å². The molecule has 1 heterocycles. The van der Waals surface area contributed by atoms with Gasteiger partial charge in [-0.1, -0.05) is 0 Å². The minimum Gasteiger partial charge on any atom is -0.481 e. The van der Waals surface area contributed by atoms with Crippen molar-refractivity contribution in [1.29, 1.82) is 0 Å². The molecule has 1 aromatic heterocycles. The standard InChI is InChI=1S/C15H22N4O3/c1-19-12(9-2-3-9)8-13(18-19)17-15(22)16-11-6-4-10(5-7-11)14(20)21/h8-11H,2-7H2,1H3,(H,20,21)(H2,16,17,18,22). The van der Waals surface area contributed by atoms with Crippen LogP contribution in [0.1, 0.15) is 50.1 Å². The van der Waals surface area contributed by atoms with E-state index in [1.165, 1.54) is 12.8 Å². The Morgan fingerprint density at radius 3 is 2.50 bits per heavy atom. The molecule has 22 heavy (non-hydrogen) atoms. The summed E-state index contributed by atoms with van der Waals surface area (Å²) in [5, 5.41) is 19.0. The summed E-state index contributed by atoms with van der Waals surface area (Å²) < 4.78 is 1.82. The summed E-state index contributed by atoms with van der Waals surface area (Å²) in [5.74, 6) is 0.158. The summed E-state index contributed by atoms with van der Waals surface area (Å²) in [6, 6.07) is 1.71. The molecule has 0 unspecified atom stereocenters. The first-order valence-corrected chi connectivity index (χ1v) is 7.87. The summed E-state index contributed by atoms with van der Waals surface area (Å²) in [7, 11) is 1.89. The predicted molar refractivity (Wildman–Crippen MR) is 80.7 cm³/mol. The van der Waals surface area contributed by atoms with Gasteiger partial charge in [0.15, 0.2) is 5.82 Å². The van der Waals surface area contributed by atoms with Gasteiger partial charge in [-0.05, 0) is 38.5 Å². The molecule has 0 saturated heterocycles. The van der Waals surface area contributed by atoms with E-state index in [4.69, 9.17) is 5.11 Å². The minimum atomic E-state index is -0.732. The predicted octanol–water partition coefficient (Wildman–Crippen LogP) is 2.06. The number of aryl methyl sites for hydroxylation is 1. The summed E-state index contributed by atoms with van der Waals surface area (Å²) in [6.45, 7) is 0. The number of aromatic nitrogens is 2. The van der Waals surface area contributed by atoms with Crippen LogP contribution in [0.4, 0.5) is 10.6 Å². The average Bonchev–Trinajstić information content (AvgIpc) is 3.24. The van der Waals surface area contributed by atoms with Crippen molar-refractivity contribution in [1.82, 2.24) is 15.1 Å². The maximum absolute atomic E-state index is 12.0. The van der Waals surface area contributed by atoms with Crippen LogP contribution >= 0.6 is 0 Å². The number of urea groups is 1. The van der Waals surface area contributed by atoms with Crippen molar-refractivity contribution in [2.75, 3.05) is 5.32 Å². The normalized spacial score (nSPS) is 24.8. The zero-order valence-corrected chi connectivity index (χ0v) is 12.7. The van der Waals surface area contributed by atoms with E-state index in [1.807, 2.05) is 17.8 Å². The first-order chi connectivity index (χ1) is 10.5. The SMILES string of the molecule is Cn1nc(NC(=O)NC2CCC(C(=O)O)CC2)cc1C1CC1. The van der Waals surface area contributed by atoms with E-state index in [9.17, 15) is 9.59 Å². The van der Waals surface area contributed by atoms with Crippen LogP contribution in [-0.2, 0) is 11.8 Å². The molecule has 0 bridgehead atoms. The van der Waals surface area contributed by atoms with Gasteiger partial charge in [-0.3, -0.25) is 14.8 Å². The number of aliphatic carboxylic acids is 1. The summed E-state index contributed by atoms with van der Waals surface area (Å²) in [4.78, 5) is 22.9. The molecule has 0 aromatic carbocycles. The zero-order valence-electron chi connectivity index (χ0n) is 12.7. The molecule has 0 spiro atoms. The van der Waals surface area contributed by atoms with Crippen molar-refractivity contribution in [3.63, 3.8) is 0 Å². The van der Waals surface area contributed by atoms with Gasteiger partial charge in [0, 0.05) is 30.8 Å². The molecule has 2 aliphatic rings. The van der Waals surface area contributed by atoms with Crippen LogP contribution in [0.3, 0.4) is 0 Å². The highest BCUT2D eigenvalue weighted by atomic mass is 16.4. The van der Waals surface area contributed by atoms with Crippen LogP contribution in [0.2, 0.25) is 0 Å². The second-order valence-electron chi connectivity index (χ2n) is 6.34. The molecule has 7 heteroatoms. The molecule has 2 amide bonds. The van der Waals surface area contributed by atoms with Crippen LogP contribution in [-0.4, -0.2) is 32.9 Å². The Labute approximate surface area is 129 Å². The number of nitrogens with zero attached hydrogens (tertiary/aromatic N) is 2. The summed E-state index contributed by atoms with van der Waals surface area (Å²) >= 11 is 0. The fourth-order valence-corrected chi connectivity index (χ4v) is 3.13. The third-order valence-electron chi connectivity index (χ3n) is 4.56. The maximum atomic E-state index is 12.0. The van der Waals surface area contributed by atoms with Crippen LogP contribution in [0, 0.1) is 5.92 Å². The average molecular weight is 306 g/mol. The molecule has 2 saturated carbocycles. The first kappa shape index (κ1) is 14.9. The molecule has 0 radical (unpaired) electrons. The lowest BCUT2D eigenvalue weighted by atomic mass is 9.86. The number of carboxylic acids is 1. The van der Waals surface area contributed by atoms with E-state index in [0.29, 0.717) is 37.4 Å². The Kier molecular flexibility index (Phi) is 4.04. The largest absolute Gasteiger partial charge is 0.481 e. The topological polar surface area (TPSA) is 96.3 Å². The summed E-state index contributed by atoms with van der Waals surface area (Å²) in [5.41, 5.74) is 1.16. The van der Waals surface area contributed by atoms with Gasteiger partial charge in [0.25, 0.3) is 0 Å². The molecule has 0 aliphatic heterocycles. The monoisotopic (exact) mass is 306 g/mol. The Hall–Kier alpha value is -2.05. The third-order valence-corrected chi connectivity index (χ3v) is 4.56. The van der Waals surface area contributed by atoms with Crippen molar-refractivity contribution in [3.8, 4) is 0 Å². The second kappa shape index (κ2) is 5.98. The Morgan fingerprint density at radius 2 is 1.91 bits per heavy atom. The van der Waals surface area contributed by atoms with E-state index < -0.39 is 5.97 Å². The number of amides is 2. The molecule has 3 N–H and O–H groups in total. The van der Waals surface area contributed by atoms with Gasteiger partial charge < -0.3 is 10.4 Å². The number of hydrogen-bond acceptors (Lipinski definition) is 3. The zero-order chi connectivity index (χ0) is 15.7. The molecule has 1 aromatic rings. The Balaban J connectivity index is 1.48. The number of carbonyl (C=O) groups excluding carboxylic acids is 1. The van der Waals surface area contributed by atoms with Crippen molar-refractivity contribution in [2.45, 2.75) is 50.5 Å². The van der Waals surface area contributed by atoms with E-state index in [0.717, 1.165) is 5.69 Å². The lowest BCUT2D eigenvalue weighted by molar-refractivity contribution is -0.142. The number of hydrogen-bond donors (Lipinski definition) is 3. The second-order valence-corrected chi connectivity index (χ2v) is 6.34. The van der Waals surface area contributed by atoms with Crippen LogP contribution < -0.4 is 10.6 Å². The molecular weight excluding hydrogens is 284 g/mol. The number of rotatable bonds is 4. The van der Waals surface area contributed by atoms with E-state index in [2.05, 4.69) is 15.7 Å². The fourth-order valence-electron chi connectivity index (χ4n) is 3.13. The van der Waals surface area contributed by atoms with E-state index in [-0.39, 0.29) is 18.0 Å². The molecular formula is C15H22N4O3. The lowest BCUT2D eigenvalue weighted by Gasteiger charge is -2.26. The van der Waals surface area contributed by atoms with E-state index in [1.54, 1.807) is 0 Å². The minimum absolute atomic E-state index is 0.0437. The van der Waals surface area contributed by atoms with Crippen molar-refractivity contribution in [3.05, 3.63) is 11.8 Å². The highest BCUT2D eigenvalue weighted by Crippen LogP contribution is 2.40. The van der Waals surface area contributed by atoms with Crippen LogP contribution in [0.15, 0.2) is 6.07 Å². The molecule has 120 valence electrons. The van der Waals surface area contributed by atoms with Crippen molar-refractivity contribution in [2.24, 2.45) is 13.0 Å². The molecule has 2 fully saturated rings. The smallest absolute Gasteiger partial charge is 0.320 e. The first-order valence-electron chi connectivity index (χ1n) is 7.87. The van der Waals surface area contributed by atoms with Gasteiger partial charge in [0.1, 0.15) is 0 Å². The lowest BCUT2D eigenvalue weighted by Crippen LogP contribution is -2.41.